The van der Waals surface area contributed by atoms with Gasteiger partial charge in [0, 0.05) is 24.2 Å². The molecular weight excluding hydrogens is 328 g/mol. The number of nitrogens with zero attached hydrogens (tertiary/aromatic N) is 2. The van der Waals surface area contributed by atoms with Crippen LogP contribution >= 0.6 is 0 Å². The van der Waals surface area contributed by atoms with E-state index in [0.29, 0.717) is 5.56 Å². The number of fused-ring (bicyclic) bond motifs is 1. The molecule has 1 amide bonds. The second kappa shape index (κ2) is 7.85. The number of hydrogen-bond donors (Lipinski definition) is 0. The van der Waals surface area contributed by atoms with E-state index in [1.54, 1.807) is 11.8 Å². The third-order valence-corrected chi connectivity index (χ3v) is 5.08. The smallest absolute Gasteiger partial charge is 0.339 e. The van der Waals surface area contributed by atoms with E-state index in [1.807, 2.05) is 38.1 Å². The molecule has 0 bridgehead atoms. The highest BCUT2D eigenvalue weighted by atomic mass is 16.5. The Bertz CT molecular complexity index is 825. The van der Waals surface area contributed by atoms with Crippen LogP contribution < -0.4 is 0 Å². The molecule has 1 aliphatic rings. The number of esters is 1. The summed E-state index contributed by atoms with van der Waals surface area (Å²) < 4.78 is 5.58. The van der Waals surface area contributed by atoms with Gasteiger partial charge in [-0.3, -0.25) is 9.78 Å². The van der Waals surface area contributed by atoms with Gasteiger partial charge in [0.2, 0.25) is 0 Å². The van der Waals surface area contributed by atoms with Crippen molar-refractivity contribution >= 4 is 22.8 Å². The lowest BCUT2D eigenvalue weighted by molar-refractivity contribution is -0.140. The normalized spacial score (nSPS) is 15.7. The predicted octanol–water partition coefficient (Wildman–Crippen LogP) is 3.66. The number of benzene rings is 1. The van der Waals surface area contributed by atoms with E-state index in [9.17, 15) is 9.59 Å². The van der Waals surface area contributed by atoms with Crippen LogP contribution in [-0.4, -0.2) is 41.0 Å². The summed E-state index contributed by atoms with van der Waals surface area (Å²) in [6, 6.07) is 7.56. The first-order chi connectivity index (χ1) is 12.5. The van der Waals surface area contributed by atoms with Gasteiger partial charge in [0.15, 0.2) is 6.10 Å². The Morgan fingerprint density at radius 1 is 1.19 bits per heavy atom. The molecule has 5 heteroatoms. The summed E-state index contributed by atoms with van der Waals surface area (Å²) in [4.78, 5) is 31.9. The average molecular weight is 354 g/mol. The molecule has 3 rings (SSSR count). The van der Waals surface area contributed by atoms with Gasteiger partial charge in [-0.25, -0.2) is 4.79 Å². The monoisotopic (exact) mass is 354 g/mol. The Kier molecular flexibility index (Phi) is 5.55. The number of aryl methyl sites for hydroxylation is 1. The minimum Gasteiger partial charge on any atom is -0.449 e. The Labute approximate surface area is 154 Å². The van der Waals surface area contributed by atoms with Crippen molar-refractivity contribution in [3.8, 4) is 0 Å². The summed E-state index contributed by atoms with van der Waals surface area (Å²) >= 11 is 0. The Morgan fingerprint density at radius 2 is 1.88 bits per heavy atom. The van der Waals surface area contributed by atoms with Gasteiger partial charge in [-0.05, 0) is 51.2 Å². The molecule has 1 aliphatic heterocycles. The number of ether oxygens (including phenoxy) is 1. The van der Waals surface area contributed by atoms with E-state index in [0.717, 1.165) is 60.9 Å². The number of pyridine rings is 1. The highest BCUT2D eigenvalue weighted by molar-refractivity contribution is 6.05. The van der Waals surface area contributed by atoms with Crippen LogP contribution in [0.1, 0.15) is 54.7 Å². The zero-order valence-corrected chi connectivity index (χ0v) is 15.7. The minimum absolute atomic E-state index is 0.107. The van der Waals surface area contributed by atoms with Crippen molar-refractivity contribution in [2.24, 2.45) is 0 Å². The molecule has 0 N–H and O–H groups in total. The lowest BCUT2D eigenvalue weighted by Gasteiger charge is -2.29. The van der Waals surface area contributed by atoms with Crippen molar-refractivity contribution in [1.29, 1.82) is 0 Å². The molecule has 2 heterocycles. The molecule has 2 aromatic rings. The van der Waals surface area contributed by atoms with Crippen LogP contribution in [0.3, 0.4) is 0 Å². The first kappa shape index (κ1) is 18.4. The molecule has 1 aromatic carbocycles. The van der Waals surface area contributed by atoms with Crippen molar-refractivity contribution < 1.29 is 14.3 Å². The second-order valence-corrected chi connectivity index (χ2v) is 6.86. The molecule has 1 fully saturated rings. The summed E-state index contributed by atoms with van der Waals surface area (Å²) in [6.45, 7) is 7.07. The van der Waals surface area contributed by atoms with E-state index in [4.69, 9.17) is 4.74 Å². The molecule has 0 radical (unpaired) electrons. The highest BCUT2D eigenvalue weighted by Gasteiger charge is 2.27. The van der Waals surface area contributed by atoms with Crippen LogP contribution in [0.25, 0.3) is 10.9 Å². The number of para-hydroxylation sites is 1. The van der Waals surface area contributed by atoms with E-state index in [-0.39, 0.29) is 5.91 Å². The van der Waals surface area contributed by atoms with Crippen LogP contribution in [0, 0.1) is 6.92 Å². The Hall–Kier alpha value is -2.43. The van der Waals surface area contributed by atoms with Gasteiger partial charge in [0.25, 0.3) is 5.91 Å². The fourth-order valence-electron chi connectivity index (χ4n) is 3.61. The number of rotatable bonds is 4. The predicted molar refractivity (Wildman–Crippen MR) is 101 cm³/mol. The molecule has 0 saturated carbocycles. The topological polar surface area (TPSA) is 59.5 Å². The highest BCUT2D eigenvalue weighted by Crippen LogP contribution is 2.25. The molecule has 0 spiro atoms. The number of carbonyl (C=O) groups is 2. The molecule has 1 atom stereocenters. The third-order valence-electron chi connectivity index (χ3n) is 5.08. The van der Waals surface area contributed by atoms with E-state index < -0.39 is 12.1 Å². The number of amides is 1. The van der Waals surface area contributed by atoms with Crippen molar-refractivity contribution in [3.05, 3.63) is 41.1 Å². The van der Waals surface area contributed by atoms with Gasteiger partial charge < -0.3 is 9.64 Å². The summed E-state index contributed by atoms with van der Waals surface area (Å²) in [5.74, 6) is -0.557. The van der Waals surface area contributed by atoms with Gasteiger partial charge in [-0.15, -0.1) is 0 Å². The molecular formula is C21H26N2O3. The Balaban J connectivity index is 1.87. The van der Waals surface area contributed by atoms with E-state index >= 15 is 0 Å². The SMILES string of the molecule is CCc1nc2ccccc2c(C(=O)O[C@H](C)C(=O)N2CCCCC2)c1C. The molecule has 1 aromatic heterocycles. The first-order valence-corrected chi connectivity index (χ1v) is 9.41. The summed E-state index contributed by atoms with van der Waals surface area (Å²) in [6.07, 6.45) is 3.14. The van der Waals surface area contributed by atoms with Crippen LogP contribution in [0.15, 0.2) is 24.3 Å². The van der Waals surface area contributed by atoms with Crippen LogP contribution in [0.4, 0.5) is 0 Å². The molecule has 0 unspecified atom stereocenters. The van der Waals surface area contributed by atoms with E-state index in [1.165, 1.54) is 0 Å². The first-order valence-electron chi connectivity index (χ1n) is 9.41. The molecule has 5 nitrogen and oxygen atoms in total. The standard InChI is InChI=1S/C21H26N2O3/c1-4-17-14(2)19(16-10-6-7-11-18(16)22-17)21(25)26-15(3)20(24)23-12-8-5-9-13-23/h6-7,10-11,15H,4-5,8-9,12-13H2,1-3H3/t15-/m1/s1. The lowest BCUT2D eigenvalue weighted by Crippen LogP contribution is -2.42. The van der Waals surface area contributed by atoms with Gasteiger partial charge in [-0.1, -0.05) is 25.1 Å². The van der Waals surface area contributed by atoms with Crippen LogP contribution in [0.5, 0.6) is 0 Å². The largest absolute Gasteiger partial charge is 0.449 e. The lowest BCUT2D eigenvalue weighted by atomic mass is 10.0. The Morgan fingerprint density at radius 3 is 2.58 bits per heavy atom. The second-order valence-electron chi connectivity index (χ2n) is 6.86. The van der Waals surface area contributed by atoms with Gasteiger partial charge in [0.05, 0.1) is 11.1 Å². The van der Waals surface area contributed by atoms with Gasteiger partial charge >= 0.3 is 5.97 Å². The van der Waals surface area contributed by atoms with Gasteiger partial charge in [0.1, 0.15) is 0 Å². The zero-order chi connectivity index (χ0) is 18.7. The van der Waals surface area contributed by atoms with Crippen LogP contribution in [-0.2, 0) is 16.0 Å². The van der Waals surface area contributed by atoms with Crippen molar-refractivity contribution in [1.82, 2.24) is 9.88 Å². The molecule has 138 valence electrons. The third kappa shape index (κ3) is 3.57. The number of likely N-dealkylation sites (tertiary alicyclic amines) is 1. The number of carbonyl (C=O) groups excluding carboxylic acids is 2. The van der Waals surface area contributed by atoms with Crippen molar-refractivity contribution in [3.63, 3.8) is 0 Å². The fourth-order valence-corrected chi connectivity index (χ4v) is 3.61. The van der Waals surface area contributed by atoms with Crippen molar-refractivity contribution in [2.75, 3.05) is 13.1 Å². The minimum atomic E-state index is -0.781. The summed E-state index contributed by atoms with van der Waals surface area (Å²) in [5.41, 5.74) is 3.00. The number of piperidine rings is 1. The zero-order valence-electron chi connectivity index (χ0n) is 15.7. The van der Waals surface area contributed by atoms with Gasteiger partial charge in [-0.2, -0.15) is 0 Å². The maximum Gasteiger partial charge on any atom is 0.339 e. The number of hydrogen-bond acceptors (Lipinski definition) is 4. The number of aromatic nitrogens is 1. The maximum absolute atomic E-state index is 12.9. The maximum atomic E-state index is 12.9. The van der Waals surface area contributed by atoms with Crippen LogP contribution in [0.2, 0.25) is 0 Å². The average Bonchev–Trinajstić information content (AvgIpc) is 2.67. The fraction of sp³-hybridized carbons (Fsp3) is 0.476. The molecule has 26 heavy (non-hydrogen) atoms. The van der Waals surface area contributed by atoms with Crippen molar-refractivity contribution in [2.45, 2.75) is 52.6 Å². The summed E-state index contributed by atoms with van der Waals surface area (Å²) in [5, 5.41) is 0.768. The van der Waals surface area contributed by atoms with E-state index in [2.05, 4.69) is 4.98 Å². The summed E-state index contributed by atoms with van der Waals surface area (Å²) in [7, 11) is 0. The molecule has 1 saturated heterocycles. The quantitative estimate of drug-likeness (QED) is 0.786. The molecule has 0 aliphatic carbocycles.